The Labute approximate surface area is 105 Å². The number of nitrogens with zero attached hydrogens (tertiary/aromatic N) is 5. The van der Waals surface area contributed by atoms with E-state index < -0.39 is 5.97 Å². The van der Waals surface area contributed by atoms with Crippen LogP contribution in [0.3, 0.4) is 0 Å². The van der Waals surface area contributed by atoms with Crippen molar-refractivity contribution in [1.82, 2.24) is 25.2 Å². The van der Waals surface area contributed by atoms with E-state index in [-0.39, 0.29) is 6.54 Å². The van der Waals surface area contributed by atoms with Crippen LogP contribution in [-0.2, 0) is 11.3 Å². The van der Waals surface area contributed by atoms with Crippen molar-refractivity contribution >= 4 is 29.3 Å². The summed E-state index contributed by atoms with van der Waals surface area (Å²) in [5.41, 5.74) is 0. The van der Waals surface area contributed by atoms with Crippen molar-refractivity contribution in [1.29, 1.82) is 0 Å². The fraction of sp³-hybridized carbons (Fsp3) is 0.125. The molecule has 0 saturated carbocycles. The Kier molecular flexibility index (Phi) is 3.55. The van der Waals surface area contributed by atoms with Crippen LogP contribution < -0.4 is 0 Å². The van der Waals surface area contributed by atoms with Crippen molar-refractivity contribution in [2.45, 2.75) is 16.7 Å². The monoisotopic (exact) mass is 271 g/mol. The number of carboxylic acids is 1. The van der Waals surface area contributed by atoms with Crippen molar-refractivity contribution in [2.75, 3.05) is 0 Å². The molecule has 0 amide bonds. The lowest BCUT2D eigenvalue weighted by atomic mass is 10.5. The Morgan fingerprint density at radius 2 is 2.41 bits per heavy atom. The molecule has 17 heavy (non-hydrogen) atoms. The van der Waals surface area contributed by atoms with E-state index in [0.717, 1.165) is 16.4 Å². The number of carbonyl (C=O) groups is 1. The number of hydrogen-bond donors (Lipinski definition) is 1. The van der Waals surface area contributed by atoms with Gasteiger partial charge in [0.2, 0.25) is 5.16 Å². The smallest absolute Gasteiger partial charge is 0.325 e. The molecule has 0 aliphatic carbocycles. The third kappa shape index (κ3) is 2.92. The highest BCUT2D eigenvalue weighted by Crippen LogP contribution is 2.29. The quantitative estimate of drug-likeness (QED) is 0.885. The molecule has 0 aliphatic rings. The van der Waals surface area contributed by atoms with Gasteiger partial charge in [0.25, 0.3) is 0 Å². The predicted molar refractivity (Wildman–Crippen MR) is 58.8 cm³/mol. The molecule has 0 radical (unpaired) electrons. The van der Waals surface area contributed by atoms with Gasteiger partial charge in [0, 0.05) is 6.20 Å². The first-order valence-corrected chi connectivity index (χ1v) is 5.62. The van der Waals surface area contributed by atoms with Gasteiger partial charge in [0.15, 0.2) is 0 Å². The lowest BCUT2D eigenvalue weighted by Crippen LogP contribution is -2.11. The van der Waals surface area contributed by atoms with E-state index in [4.69, 9.17) is 16.7 Å². The SMILES string of the molecule is O=C(O)Cn1nnnc1Sc1ncccc1Cl. The third-order valence-corrected chi connectivity index (χ3v) is 3.11. The van der Waals surface area contributed by atoms with Gasteiger partial charge in [-0.3, -0.25) is 4.79 Å². The Balaban J connectivity index is 2.22. The normalized spacial score (nSPS) is 10.4. The van der Waals surface area contributed by atoms with Crippen molar-refractivity contribution in [3.8, 4) is 0 Å². The average Bonchev–Trinajstić information content (AvgIpc) is 2.68. The Hall–Kier alpha value is -1.67. The van der Waals surface area contributed by atoms with Gasteiger partial charge in [0.1, 0.15) is 11.6 Å². The van der Waals surface area contributed by atoms with E-state index in [1.165, 1.54) is 0 Å². The number of rotatable bonds is 4. The molecule has 0 spiro atoms. The molecule has 2 rings (SSSR count). The lowest BCUT2D eigenvalue weighted by molar-refractivity contribution is -0.138. The second-order valence-electron chi connectivity index (χ2n) is 2.91. The summed E-state index contributed by atoms with van der Waals surface area (Å²) in [5, 5.41) is 20.7. The highest BCUT2D eigenvalue weighted by Gasteiger charge is 2.13. The molecular weight excluding hydrogens is 266 g/mol. The molecule has 1 N–H and O–H groups in total. The Morgan fingerprint density at radius 1 is 1.59 bits per heavy atom. The second kappa shape index (κ2) is 5.11. The molecule has 2 aromatic heterocycles. The van der Waals surface area contributed by atoms with Crippen LogP contribution in [0, 0.1) is 0 Å². The number of pyridine rings is 1. The fourth-order valence-corrected chi connectivity index (χ4v) is 2.00. The van der Waals surface area contributed by atoms with E-state index >= 15 is 0 Å². The molecule has 0 aromatic carbocycles. The first-order chi connectivity index (χ1) is 8.16. The molecule has 0 bridgehead atoms. The van der Waals surface area contributed by atoms with E-state index in [2.05, 4.69) is 20.5 Å². The van der Waals surface area contributed by atoms with Gasteiger partial charge < -0.3 is 5.11 Å². The van der Waals surface area contributed by atoms with Crippen LogP contribution in [0.1, 0.15) is 0 Å². The maximum atomic E-state index is 10.6. The zero-order valence-electron chi connectivity index (χ0n) is 8.32. The molecule has 0 fully saturated rings. The van der Waals surface area contributed by atoms with Gasteiger partial charge in [-0.05, 0) is 34.3 Å². The fourth-order valence-electron chi connectivity index (χ4n) is 1.03. The molecule has 2 aromatic rings. The van der Waals surface area contributed by atoms with Gasteiger partial charge >= 0.3 is 5.97 Å². The van der Waals surface area contributed by atoms with Crippen LogP contribution in [-0.4, -0.2) is 36.3 Å². The summed E-state index contributed by atoms with van der Waals surface area (Å²) >= 11 is 7.03. The van der Waals surface area contributed by atoms with E-state index in [1.54, 1.807) is 18.3 Å². The molecule has 0 atom stereocenters. The van der Waals surface area contributed by atoms with Crippen LogP contribution in [0.15, 0.2) is 28.5 Å². The second-order valence-corrected chi connectivity index (χ2v) is 4.27. The zero-order chi connectivity index (χ0) is 12.3. The summed E-state index contributed by atoms with van der Waals surface area (Å²) in [5.74, 6) is -1.02. The summed E-state index contributed by atoms with van der Waals surface area (Å²) in [4.78, 5) is 14.6. The Morgan fingerprint density at radius 3 is 3.12 bits per heavy atom. The topological polar surface area (TPSA) is 93.8 Å². The summed E-state index contributed by atoms with van der Waals surface area (Å²) in [7, 11) is 0. The van der Waals surface area contributed by atoms with Crippen LogP contribution in [0.4, 0.5) is 0 Å². The molecular formula is C8H6ClN5O2S. The van der Waals surface area contributed by atoms with Crippen molar-refractivity contribution in [3.05, 3.63) is 23.4 Å². The van der Waals surface area contributed by atoms with Gasteiger partial charge in [-0.2, -0.15) is 0 Å². The molecule has 9 heteroatoms. The van der Waals surface area contributed by atoms with E-state index in [9.17, 15) is 4.79 Å². The summed E-state index contributed by atoms with van der Waals surface area (Å²) in [6.07, 6.45) is 1.58. The molecule has 88 valence electrons. The zero-order valence-corrected chi connectivity index (χ0v) is 9.89. The summed E-state index contributed by atoms with van der Waals surface area (Å²) in [6, 6.07) is 3.38. The predicted octanol–water partition coefficient (Wildman–Crippen LogP) is 0.957. The number of aromatic nitrogens is 5. The maximum absolute atomic E-state index is 10.6. The van der Waals surface area contributed by atoms with Crippen LogP contribution >= 0.6 is 23.4 Å². The van der Waals surface area contributed by atoms with Gasteiger partial charge in [-0.25, -0.2) is 9.67 Å². The minimum atomic E-state index is -1.02. The number of aliphatic carboxylic acids is 1. The van der Waals surface area contributed by atoms with Crippen LogP contribution in [0.25, 0.3) is 0 Å². The number of carboxylic acid groups (broad SMARTS) is 1. The van der Waals surface area contributed by atoms with E-state index in [0.29, 0.717) is 15.2 Å². The van der Waals surface area contributed by atoms with Crippen molar-refractivity contribution in [2.24, 2.45) is 0 Å². The highest BCUT2D eigenvalue weighted by molar-refractivity contribution is 7.99. The number of halogens is 1. The highest BCUT2D eigenvalue weighted by atomic mass is 35.5. The largest absolute Gasteiger partial charge is 0.480 e. The summed E-state index contributed by atoms with van der Waals surface area (Å²) < 4.78 is 1.16. The summed E-state index contributed by atoms with van der Waals surface area (Å²) in [6.45, 7) is -0.306. The first kappa shape index (κ1) is 11.8. The van der Waals surface area contributed by atoms with Crippen LogP contribution in [0.5, 0.6) is 0 Å². The molecule has 2 heterocycles. The molecule has 7 nitrogen and oxygen atoms in total. The average molecular weight is 272 g/mol. The van der Waals surface area contributed by atoms with Gasteiger partial charge in [-0.1, -0.05) is 11.6 Å². The third-order valence-electron chi connectivity index (χ3n) is 1.70. The van der Waals surface area contributed by atoms with Crippen molar-refractivity contribution in [3.63, 3.8) is 0 Å². The first-order valence-electron chi connectivity index (χ1n) is 4.43. The van der Waals surface area contributed by atoms with E-state index in [1.807, 2.05) is 0 Å². The minimum absolute atomic E-state index is 0.306. The molecule has 0 aliphatic heterocycles. The maximum Gasteiger partial charge on any atom is 0.325 e. The van der Waals surface area contributed by atoms with Crippen molar-refractivity contribution < 1.29 is 9.90 Å². The van der Waals surface area contributed by atoms with Gasteiger partial charge in [0.05, 0.1) is 5.02 Å². The van der Waals surface area contributed by atoms with Gasteiger partial charge in [-0.15, -0.1) is 5.10 Å². The standard InChI is InChI=1S/C8H6ClN5O2S/c9-5-2-1-3-10-7(5)17-8-11-12-13-14(8)4-6(15)16/h1-3H,4H2,(H,15,16). The number of tetrazole rings is 1. The Bertz CT molecular complexity index is 546. The molecule has 0 saturated heterocycles. The number of hydrogen-bond acceptors (Lipinski definition) is 6. The lowest BCUT2D eigenvalue weighted by Gasteiger charge is -2.01. The minimum Gasteiger partial charge on any atom is -0.480 e. The molecule has 0 unspecified atom stereocenters. The van der Waals surface area contributed by atoms with Crippen LogP contribution in [0.2, 0.25) is 5.02 Å².